The highest BCUT2D eigenvalue weighted by molar-refractivity contribution is 5.99. The fourth-order valence-electron chi connectivity index (χ4n) is 2.44. The van der Waals surface area contributed by atoms with Crippen LogP contribution in [0.5, 0.6) is 5.75 Å². The molecule has 1 saturated heterocycles. The molecule has 6 heteroatoms. The number of fused-ring (bicyclic) bond motifs is 1. The van der Waals surface area contributed by atoms with Gasteiger partial charge in [0.2, 0.25) is 11.8 Å². The minimum atomic E-state index is -0.688. The zero-order chi connectivity index (χ0) is 14.3. The molecular weight excluding hydrogens is 260 g/mol. The number of phenols is 1. The van der Waals surface area contributed by atoms with Crippen LogP contribution in [0, 0.1) is 0 Å². The molecule has 1 aliphatic heterocycles. The minimum absolute atomic E-state index is 0.00405. The number of nitrogens with zero attached hydrogens (tertiary/aromatic N) is 1. The van der Waals surface area contributed by atoms with Crippen LogP contribution in [-0.4, -0.2) is 21.5 Å². The van der Waals surface area contributed by atoms with Crippen molar-refractivity contribution in [2.45, 2.75) is 18.9 Å². The summed E-state index contributed by atoms with van der Waals surface area (Å²) >= 11 is 0. The van der Waals surface area contributed by atoms with Gasteiger partial charge < -0.3 is 9.67 Å². The average molecular weight is 272 g/mol. The molecule has 1 atom stereocenters. The number of hydrogen-bond acceptors (Lipinski definition) is 4. The Balaban J connectivity index is 2.13. The third-order valence-electron chi connectivity index (χ3n) is 3.46. The SMILES string of the molecule is O=C1CCC(n2ccc3ccc(O)cc3c2=O)C(=O)N1. The first kappa shape index (κ1) is 12.4. The molecule has 0 aliphatic carbocycles. The molecule has 6 nitrogen and oxygen atoms in total. The van der Waals surface area contributed by atoms with Crippen LogP contribution in [0.1, 0.15) is 18.9 Å². The summed E-state index contributed by atoms with van der Waals surface area (Å²) in [6, 6.07) is 5.53. The first-order chi connectivity index (χ1) is 9.56. The molecule has 2 amide bonds. The summed E-state index contributed by atoms with van der Waals surface area (Å²) in [5.41, 5.74) is -0.354. The largest absolute Gasteiger partial charge is 0.508 e. The van der Waals surface area contributed by atoms with Crippen LogP contribution in [0.15, 0.2) is 35.3 Å². The van der Waals surface area contributed by atoms with E-state index in [0.29, 0.717) is 17.2 Å². The number of rotatable bonds is 1. The first-order valence-electron chi connectivity index (χ1n) is 6.24. The summed E-state index contributed by atoms with van der Waals surface area (Å²) in [6.45, 7) is 0. The second kappa shape index (κ2) is 4.48. The number of phenolic OH excluding ortho intramolecular Hbond substituents is 1. The molecule has 1 fully saturated rings. The van der Waals surface area contributed by atoms with E-state index in [2.05, 4.69) is 5.32 Å². The van der Waals surface area contributed by atoms with Crippen LogP contribution in [0.25, 0.3) is 10.8 Å². The number of aromatic nitrogens is 1. The highest BCUT2D eigenvalue weighted by atomic mass is 16.3. The number of piperidine rings is 1. The lowest BCUT2D eigenvalue weighted by atomic mass is 10.0. The number of hydrogen-bond donors (Lipinski definition) is 2. The lowest BCUT2D eigenvalue weighted by Gasteiger charge is -2.23. The van der Waals surface area contributed by atoms with Crippen LogP contribution in [-0.2, 0) is 9.59 Å². The van der Waals surface area contributed by atoms with Gasteiger partial charge in [0, 0.05) is 12.6 Å². The molecule has 1 aromatic carbocycles. The van der Waals surface area contributed by atoms with E-state index in [1.807, 2.05) is 0 Å². The molecule has 2 N–H and O–H groups in total. The van der Waals surface area contributed by atoms with Gasteiger partial charge in [-0.25, -0.2) is 0 Å². The fourth-order valence-corrected chi connectivity index (χ4v) is 2.44. The number of amides is 2. The summed E-state index contributed by atoms with van der Waals surface area (Å²) in [6.07, 6.45) is 2.05. The van der Waals surface area contributed by atoms with Crippen LogP contribution < -0.4 is 10.9 Å². The molecule has 20 heavy (non-hydrogen) atoms. The van der Waals surface area contributed by atoms with Gasteiger partial charge in [-0.3, -0.25) is 19.7 Å². The summed E-state index contributed by atoms with van der Waals surface area (Å²) in [4.78, 5) is 35.4. The van der Waals surface area contributed by atoms with E-state index in [1.165, 1.54) is 16.7 Å². The Kier molecular flexibility index (Phi) is 2.78. The van der Waals surface area contributed by atoms with Gasteiger partial charge in [-0.15, -0.1) is 0 Å². The van der Waals surface area contributed by atoms with E-state index < -0.39 is 11.9 Å². The highest BCUT2D eigenvalue weighted by Crippen LogP contribution is 2.20. The van der Waals surface area contributed by atoms with E-state index >= 15 is 0 Å². The van der Waals surface area contributed by atoms with Crippen LogP contribution in [0.4, 0.5) is 0 Å². The monoisotopic (exact) mass is 272 g/mol. The fraction of sp³-hybridized carbons (Fsp3) is 0.214. The number of benzene rings is 1. The Morgan fingerprint density at radius 3 is 2.75 bits per heavy atom. The molecule has 0 radical (unpaired) electrons. The van der Waals surface area contributed by atoms with E-state index in [-0.39, 0.29) is 23.6 Å². The average Bonchev–Trinajstić information content (AvgIpc) is 2.41. The van der Waals surface area contributed by atoms with E-state index in [1.54, 1.807) is 18.3 Å². The Bertz CT molecular complexity index is 778. The normalized spacial score (nSPS) is 19.1. The van der Waals surface area contributed by atoms with E-state index in [4.69, 9.17) is 0 Å². The Morgan fingerprint density at radius 2 is 2.00 bits per heavy atom. The van der Waals surface area contributed by atoms with Gasteiger partial charge in [-0.1, -0.05) is 6.07 Å². The predicted molar refractivity (Wildman–Crippen MR) is 71.3 cm³/mol. The number of imide groups is 1. The van der Waals surface area contributed by atoms with Gasteiger partial charge in [0.1, 0.15) is 11.8 Å². The second-order valence-corrected chi connectivity index (χ2v) is 4.77. The third kappa shape index (κ3) is 1.95. The molecule has 1 unspecified atom stereocenters. The zero-order valence-corrected chi connectivity index (χ0v) is 10.5. The van der Waals surface area contributed by atoms with Crippen molar-refractivity contribution in [1.29, 1.82) is 0 Å². The molecule has 0 bridgehead atoms. The predicted octanol–water partition coefficient (Wildman–Crippen LogP) is 0.685. The van der Waals surface area contributed by atoms with Crippen molar-refractivity contribution in [3.8, 4) is 5.75 Å². The van der Waals surface area contributed by atoms with Gasteiger partial charge in [-0.2, -0.15) is 0 Å². The van der Waals surface area contributed by atoms with Crippen molar-refractivity contribution >= 4 is 22.6 Å². The molecular formula is C14H12N2O4. The van der Waals surface area contributed by atoms with Crippen molar-refractivity contribution in [3.63, 3.8) is 0 Å². The van der Waals surface area contributed by atoms with Gasteiger partial charge in [0.05, 0.1) is 5.39 Å². The van der Waals surface area contributed by atoms with Gasteiger partial charge in [0.15, 0.2) is 0 Å². The Labute approximate surface area is 113 Å². The molecule has 102 valence electrons. The van der Waals surface area contributed by atoms with Crippen molar-refractivity contribution in [3.05, 3.63) is 40.8 Å². The van der Waals surface area contributed by atoms with Crippen molar-refractivity contribution < 1.29 is 14.7 Å². The Hall–Kier alpha value is -2.63. The van der Waals surface area contributed by atoms with E-state index in [9.17, 15) is 19.5 Å². The maximum absolute atomic E-state index is 12.4. The van der Waals surface area contributed by atoms with Crippen LogP contribution in [0.3, 0.4) is 0 Å². The topological polar surface area (TPSA) is 88.4 Å². The number of carbonyl (C=O) groups excluding carboxylic acids is 2. The van der Waals surface area contributed by atoms with E-state index in [0.717, 1.165) is 0 Å². The molecule has 2 aromatic rings. The molecule has 0 saturated carbocycles. The third-order valence-corrected chi connectivity index (χ3v) is 3.46. The lowest BCUT2D eigenvalue weighted by molar-refractivity contribution is -0.135. The van der Waals surface area contributed by atoms with Gasteiger partial charge >= 0.3 is 0 Å². The number of carbonyl (C=O) groups is 2. The molecule has 3 rings (SSSR count). The summed E-state index contributed by atoms with van der Waals surface area (Å²) in [5, 5.41) is 12.7. The maximum Gasteiger partial charge on any atom is 0.259 e. The number of nitrogens with one attached hydrogen (secondary N) is 1. The van der Waals surface area contributed by atoms with Crippen molar-refractivity contribution in [1.82, 2.24) is 9.88 Å². The van der Waals surface area contributed by atoms with Gasteiger partial charge in [0.25, 0.3) is 5.56 Å². The van der Waals surface area contributed by atoms with Crippen molar-refractivity contribution in [2.24, 2.45) is 0 Å². The quantitative estimate of drug-likeness (QED) is 0.747. The highest BCUT2D eigenvalue weighted by Gasteiger charge is 2.28. The number of pyridine rings is 1. The Morgan fingerprint density at radius 1 is 1.20 bits per heavy atom. The van der Waals surface area contributed by atoms with Crippen LogP contribution in [0.2, 0.25) is 0 Å². The summed E-state index contributed by atoms with van der Waals surface area (Å²) in [5.74, 6) is -0.795. The number of aromatic hydroxyl groups is 1. The molecule has 0 spiro atoms. The molecule has 2 heterocycles. The van der Waals surface area contributed by atoms with Crippen molar-refractivity contribution in [2.75, 3.05) is 0 Å². The zero-order valence-electron chi connectivity index (χ0n) is 10.5. The van der Waals surface area contributed by atoms with Crippen LogP contribution >= 0.6 is 0 Å². The summed E-state index contributed by atoms with van der Waals surface area (Å²) in [7, 11) is 0. The smallest absolute Gasteiger partial charge is 0.259 e. The molecule has 1 aliphatic rings. The standard InChI is InChI=1S/C14H12N2O4/c17-9-2-1-8-5-6-16(14(20)10(8)7-9)11-3-4-12(18)15-13(11)19/h1-2,5-7,11,17H,3-4H2,(H,15,18,19). The minimum Gasteiger partial charge on any atom is -0.508 e. The van der Waals surface area contributed by atoms with Gasteiger partial charge in [-0.05, 0) is 30.0 Å². The lowest BCUT2D eigenvalue weighted by Crippen LogP contribution is -2.44. The first-order valence-corrected chi connectivity index (χ1v) is 6.24. The maximum atomic E-state index is 12.4. The second-order valence-electron chi connectivity index (χ2n) is 4.77. The summed E-state index contributed by atoms with van der Waals surface area (Å²) < 4.78 is 1.31. The molecule has 1 aromatic heterocycles.